The lowest BCUT2D eigenvalue weighted by atomic mass is 10.0. The van der Waals surface area contributed by atoms with Gasteiger partial charge in [-0.1, -0.05) is 357 Å². The Morgan fingerprint density at radius 2 is 0.564 bits per heavy atom. The Bertz CT molecular complexity index is 2280. The van der Waals surface area contributed by atoms with Crippen molar-refractivity contribution in [1.29, 1.82) is 0 Å². The molecule has 1 N–H and O–H groups in total. The predicted octanol–water partition coefficient (Wildman–Crippen LogP) is 26.9. The summed E-state index contributed by atoms with van der Waals surface area (Å²) in [5, 5.41) is 9.78. The van der Waals surface area contributed by atoms with E-state index in [-0.39, 0.29) is 32.2 Å². The smallest absolute Gasteiger partial charge is 0.361 e. The Morgan fingerprint density at radius 1 is 0.307 bits per heavy atom. The standard InChI is InChI=1S/C92H153NO8/c1-6-8-10-12-14-16-18-20-22-24-26-28-30-32-34-36-38-40-42-43-44-45-46-47-49-51-53-55-57-59-61-63-65-67-69-71-73-75-77-79-81-83-90(95)101-88(87-100-92(91(96)97)98-85-84-93(3,4)5)86-99-89(94)82-80-78-76-74-72-70-68-66-64-62-60-58-56-54-52-50-48-41-39-37-35-33-31-29-27-25-23-21-19-17-15-13-11-9-7-2/h8,10,14,16,19-22,25-28,32,34,38,40,43-44,46-47,51,53,57,59,63,65,69,71,88,92H,6-7,9,11-13,15,17-18,23-24,29-31,33,35-37,39,41-42,45,48-50,52,54-56,58,60-62,64,66-68,70,72-87H2,1-5H3/p+1/b10-8-,16-14-,21-19-,22-20-,27-25-,28-26-,34-32-,40-38-,44-43-,47-46-,53-51-,59-57-,65-63-,71-69-. The molecule has 0 heterocycles. The van der Waals surface area contributed by atoms with Gasteiger partial charge in [0.05, 0.1) is 34.4 Å². The molecule has 2 unspecified atom stereocenters. The average molecular weight is 1400 g/mol. The van der Waals surface area contributed by atoms with Crippen LogP contribution in [-0.2, 0) is 33.3 Å². The third-order valence-corrected chi connectivity index (χ3v) is 17.5. The largest absolute Gasteiger partial charge is 0.477 e. The molecule has 0 amide bonds. The molecule has 0 saturated carbocycles. The van der Waals surface area contributed by atoms with E-state index in [1.54, 1.807) is 0 Å². The summed E-state index contributed by atoms with van der Waals surface area (Å²) in [4.78, 5) is 37.8. The molecule has 0 aliphatic heterocycles. The van der Waals surface area contributed by atoms with Gasteiger partial charge in [-0.05, 0) is 135 Å². The molecule has 0 bridgehead atoms. The monoisotopic (exact) mass is 1400 g/mol. The maximum atomic E-state index is 13.0. The lowest BCUT2D eigenvalue weighted by molar-refractivity contribution is -0.870. The molecule has 0 radical (unpaired) electrons. The van der Waals surface area contributed by atoms with Crippen LogP contribution in [-0.4, -0.2) is 87.4 Å². The first kappa shape index (κ1) is 95.6. The highest BCUT2D eigenvalue weighted by Crippen LogP contribution is 2.18. The minimum Gasteiger partial charge on any atom is -0.477 e. The number of carboxylic acid groups (broad SMARTS) is 1. The maximum Gasteiger partial charge on any atom is 0.361 e. The van der Waals surface area contributed by atoms with Gasteiger partial charge in [0.15, 0.2) is 6.10 Å². The fraction of sp³-hybridized carbons (Fsp3) is 0.663. The van der Waals surface area contributed by atoms with E-state index in [1.165, 1.54) is 173 Å². The Labute approximate surface area is 622 Å². The molecule has 0 aliphatic carbocycles. The minimum atomic E-state index is -1.53. The van der Waals surface area contributed by atoms with Gasteiger partial charge in [0.1, 0.15) is 13.2 Å². The summed E-state index contributed by atoms with van der Waals surface area (Å²) in [7, 11) is 5.97. The number of ether oxygens (including phenoxy) is 4. The Hall–Kier alpha value is -5.35. The second-order valence-corrected chi connectivity index (χ2v) is 28.3. The number of hydrogen-bond donors (Lipinski definition) is 1. The summed E-state index contributed by atoms with van der Waals surface area (Å²) in [5.74, 6) is -2.04. The van der Waals surface area contributed by atoms with Crippen molar-refractivity contribution in [1.82, 2.24) is 0 Å². The first-order valence-electron chi connectivity index (χ1n) is 41.3. The molecule has 0 aliphatic rings. The van der Waals surface area contributed by atoms with E-state index in [9.17, 15) is 19.5 Å². The molecule has 0 saturated heterocycles. The number of rotatable bonds is 75. The van der Waals surface area contributed by atoms with Crippen molar-refractivity contribution >= 4 is 17.9 Å². The molecule has 9 heteroatoms. The number of aliphatic carboxylic acids is 1. The molecule has 0 aromatic carbocycles. The van der Waals surface area contributed by atoms with Crippen molar-refractivity contribution in [3.8, 4) is 0 Å². The van der Waals surface area contributed by atoms with E-state index >= 15 is 0 Å². The van der Waals surface area contributed by atoms with Gasteiger partial charge in [0.2, 0.25) is 0 Å². The van der Waals surface area contributed by atoms with Gasteiger partial charge < -0.3 is 28.5 Å². The van der Waals surface area contributed by atoms with E-state index in [1.807, 2.05) is 21.1 Å². The van der Waals surface area contributed by atoms with Crippen molar-refractivity contribution in [2.24, 2.45) is 0 Å². The lowest BCUT2D eigenvalue weighted by Gasteiger charge is -2.25. The number of unbranched alkanes of at least 4 members (excludes halogenated alkanes) is 32. The molecule has 0 spiro atoms. The molecule has 9 nitrogen and oxygen atoms in total. The lowest BCUT2D eigenvalue weighted by Crippen LogP contribution is -2.40. The van der Waals surface area contributed by atoms with E-state index in [4.69, 9.17) is 18.9 Å². The number of carbonyl (C=O) groups excluding carboxylic acids is 2. The molecule has 0 aromatic heterocycles. The highest BCUT2D eigenvalue weighted by atomic mass is 16.7. The number of likely N-dealkylation sites (N-methyl/N-ethyl adjacent to an activating group) is 1. The maximum absolute atomic E-state index is 13.0. The van der Waals surface area contributed by atoms with Crippen LogP contribution in [0.4, 0.5) is 0 Å². The first-order valence-corrected chi connectivity index (χ1v) is 41.3. The highest BCUT2D eigenvalue weighted by molar-refractivity contribution is 5.71. The molecule has 101 heavy (non-hydrogen) atoms. The van der Waals surface area contributed by atoms with Crippen LogP contribution in [0.5, 0.6) is 0 Å². The van der Waals surface area contributed by atoms with Crippen LogP contribution in [0.1, 0.15) is 335 Å². The second-order valence-electron chi connectivity index (χ2n) is 28.3. The van der Waals surface area contributed by atoms with E-state index in [2.05, 4.69) is 184 Å². The zero-order chi connectivity index (χ0) is 73.2. The normalized spacial score (nSPS) is 13.6. The number of carbonyl (C=O) groups is 3. The van der Waals surface area contributed by atoms with E-state index in [0.717, 1.165) is 128 Å². The van der Waals surface area contributed by atoms with E-state index < -0.39 is 24.3 Å². The fourth-order valence-electron chi connectivity index (χ4n) is 11.2. The zero-order valence-electron chi connectivity index (χ0n) is 65.8. The van der Waals surface area contributed by atoms with Crippen molar-refractivity contribution in [3.05, 3.63) is 170 Å². The van der Waals surface area contributed by atoms with Gasteiger partial charge in [-0.25, -0.2) is 4.79 Å². The molecule has 574 valence electrons. The van der Waals surface area contributed by atoms with Crippen molar-refractivity contribution in [2.45, 2.75) is 347 Å². The average Bonchev–Trinajstić information content (AvgIpc) is 1.21. The quantitative estimate of drug-likeness (QED) is 0.0211. The van der Waals surface area contributed by atoms with Crippen LogP contribution in [0.2, 0.25) is 0 Å². The molecule has 0 rings (SSSR count). The third-order valence-electron chi connectivity index (χ3n) is 17.5. The van der Waals surface area contributed by atoms with Crippen LogP contribution in [0.25, 0.3) is 0 Å². The van der Waals surface area contributed by atoms with Crippen LogP contribution < -0.4 is 0 Å². The Kier molecular flexibility index (Phi) is 76.1. The van der Waals surface area contributed by atoms with Gasteiger partial charge in [-0.3, -0.25) is 9.59 Å². The summed E-state index contributed by atoms with van der Waals surface area (Å²) < 4.78 is 23.0. The first-order chi connectivity index (χ1) is 49.6. The summed E-state index contributed by atoms with van der Waals surface area (Å²) in [6.45, 7) is 4.74. The molecule has 0 fully saturated rings. The number of nitrogens with zero attached hydrogens (tertiary/aromatic N) is 1. The topological polar surface area (TPSA) is 108 Å². The van der Waals surface area contributed by atoms with Crippen LogP contribution in [0.3, 0.4) is 0 Å². The number of allylic oxidation sites excluding steroid dienone is 28. The van der Waals surface area contributed by atoms with Crippen LogP contribution >= 0.6 is 0 Å². The molecular weight excluding hydrogens is 1250 g/mol. The predicted molar refractivity (Wildman–Crippen MR) is 437 cm³/mol. The van der Waals surface area contributed by atoms with Crippen molar-refractivity contribution < 1.29 is 42.9 Å². The molecular formula is C92H154NO8+. The summed E-state index contributed by atoms with van der Waals surface area (Å²) in [6.07, 6.45) is 118. The van der Waals surface area contributed by atoms with Gasteiger partial charge in [0.25, 0.3) is 6.29 Å². The van der Waals surface area contributed by atoms with Crippen molar-refractivity contribution in [2.75, 3.05) is 47.5 Å². The summed E-state index contributed by atoms with van der Waals surface area (Å²) >= 11 is 0. The number of quaternary nitrogens is 1. The SMILES string of the molecule is CC/C=C\C/C=C\C/C=C\C/C=C\C/C=C\C/C=C\C/C=C\C/C=C\C/C=C\C/C=C\C/C=C\C/C=C\CCCCCCC(=O)OC(COC(=O)CCCCCCCCCCCCCCCCCCCCCCCCC/C=C\C/C=C\CCCCCCC)COC(OCC[N+](C)(C)C)C(=O)O. The number of carboxylic acids is 1. The fourth-order valence-corrected chi connectivity index (χ4v) is 11.2. The molecule has 2 atom stereocenters. The minimum absolute atomic E-state index is 0.175. The van der Waals surface area contributed by atoms with E-state index in [0.29, 0.717) is 23.9 Å². The number of esters is 2. The summed E-state index contributed by atoms with van der Waals surface area (Å²) in [6, 6.07) is 0. The van der Waals surface area contributed by atoms with Crippen LogP contribution in [0, 0.1) is 0 Å². The summed E-state index contributed by atoms with van der Waals surface area (Å²) in [5.41, 5.74) is 0. The number of hydrogen-bond acceptors (Lipinski definition) is 7. The Morgan fingerprint density at radius 3 is 0.842 bits per heavy atom. The van der Waals surface area contributed by atoms with Gasteiger partial charge >= 0.3 is 17.9 Å². The van der Waals surface area contributed by atoms with Gasteiger partial charge in [-0.15, -0.1) is 0 Å². The molecule has 0 aromatic rings. The van der Waals surface area contributed by atoms with Gasteiger partial charge in [0, 0.05) is 12.8 Å². The van der Waals surface area contributed by atoms with Crippen molar-refractivity contribution in [3.63, 3.8) is 0 Å². The highest BCUT2D eigenvalue weighted by Gasteiger charge is 2.25. The van der Waals surface area contributed by atoms with Gasteiger partial charge in [-0.2, -0.15) is 0 Å². The Balaban J connectivity index is 4.13. The third kappa shape index (κ3) is 81.8. The van der Waals surface area contributed by atoms with Crippen LogP contribution in [0.15, 0.2) is 170 Å². The zero-order valence-corrected chi connectivity index (χ0v) is 65.8. The second kappa shape index (κ2) is 80.3.